The van der Waals surface area contributed by atoms with E-state index in [9.17, 15) is 19.2 Å². The second-order valence-electron chi connectivity index (χ2n) is 17.2. The molecule has 342 valence electrons. The lowest BCUT2D eigenvalue weighted by atomic mass is 9.84. The zero-order chi connectivity index (χ0) is 46.2. The molecule has 0 saturated heterocycles. The molecule has 0 fully saturated rings. The summed E-state index contributed by atoms with van der Waals surface area (Å²) in [5, 5.41) is 28.0. The smallest absolute Gasteiger partial charge is 0.243 e. The minimum atomic E-state index is -0.412. The molecule has 0 spiro atoms. The van der Waals surface area contributed by atoms with Gasteiger partial charge >= 0.3 is 0 Å². The molecule has 0 aliphatic carbocycles. The molecule has 8 aromatic rings. The molecule has 2 atom stereocenters. The Bertz CT molecular complexity index is 3010. The molecule has 4 amide bonds. The lowest BCUT2D eigenvalue weighted by Crippen LogP contribution is -2.26. The number of aryl methyl sites for hydroxylation is 1. The van der Waals surface area contributed by atoms with Crippen LogP contribution in [0, 0.1) is 13.8 Å². The Kier molecular flexibility index (Phi) is 14.3. The number of rotatable bonds is 21. The lowest BCUT2D eigenvalue weighted by Gasteiger charge is -2.20. The first-order valence-corrected chi connectivity index (χ1v) is 22.9. The van der Waals surface area contributed by atoms with Gasteiger partial charge in [0.15, 0.2) is 0 Å². The van der Waals surface area contributed by atoms with Gasteiger partial charge < -0.3 is 30.2 Å². The summed E-state index contributed by atoms with van der Waals surface area (Å²) in [6.07, 6.45) is 9.14. The van der Waals surface area contributed by atoms with Crippen LogP contribution >= 0.6 is 0 Å². The lowest BCUT2D eigenvalue weighted by molar-refractivity contribution is -0.130. The Morgan fingerprint density at radius 1 is 0.561 bits per heavy atom. The van der Waals surface area contributed by atoms with Gasteiger partial charge in [-0.25, -0.2) is 11.0 Å². The van der Waals surface area contributed by atoms with E-state index in [2.05, 4.69) is 92.5 Å². The standard InChI is InChI=1S/C52H58N8O6/c1-32-51(37-16-8-11-19-44(37)57-32)40(29-50(64)54-26-14-4-6-22-48(62)59-66)52-33(2)60(46-20-12-9-17-38(46)52)34-23-24-36-42(31-56-45(36)27-34)39(41-30-55-43-18-10-7-15-35(41)43)28-49(63)53-25-13-3-5-21-47(61)58-65/h7-12,15-20,23-24,27,30-31,39-40,55-57,65-66H,3-6,13-14,21-22,25-26,28-29H2,1-2H3,(H,53,63)(H,54,64)(H,58,61)(H,59,62). The van der Waals surface area contributed by atoms with Crippen LogP contribution in [0.1, 0.15) is 110 Å². The maximum atomic E-state index is 14.0. The number of nitrogens with one attached hydrogen (secondary N) is 7. The summed E-state index contributed by atoms with van der Waals surface area (Å²) < 4.78 is 2.28. The highest BCUT2D eigenvalue weighted by molar-refractivity contribution is 5.95. The first-order valence-electron chi connectivity index (χ1n) is 22.9. The van der Waals surface area contributed by atoms with Gasteiger partial charge in [0, 0.05) is 118 Å². The molecular formula is C52H58N8O6. The molecule has 8 rings (SSSR count). The Hall–Kier alpha value is -7.16. The van der Waals surface area contributed by atoms with E-state index < -0.39 is 11.8 Å². The van der Waals surface area contributed by atoms with Crippen LogP contribution in [0.5, 0.6) is 0 Å². The van der Waals surface area contributed by atoms with Crippen molar-refractivity contribution in [2.24, 2.45) is 0 Å². The van der Waals surface area contributed by atoms with Gasteiger partial charge in [0.2, 0.25) is 23.6 Å². The fourth-order valence-corrected chi connectivity index (χ4v) is 9.85. The van der Waals surface area contributed by atoms with Crippen molar-refractivity contribution in [2.75, 3.05) is 13.1 Å². The van der Waals surface area contributed by atoms with Crippen LogP contribution in [0.15, 0.2) is 103 Å². The average Bonchev–Trinajstić information content (AvgIpc) is 4.10. The number of amides is 4. The van der Waals surface area contributed by atoms with Crippen molar-refractivity contribution in [1.29, 1.82) is 0 Å². The van der Waals surface area contributed by atoms with E-state index in [0.29, 0.717) is 25.9 Å². The van der Waals surface area contributed by atoms with Gasteiger partial charge in [-0.2, -0.15) is 0 Å². The maximum Gasteiger partial charge on any atom is 0.243 e. The topological polar surface area (TPSA) is 209 Å². The Labute approximate surface area is 382 Å². The third-order valence-electron chi connectivity index (χ3n) is 13.0. The number of benzene rings is 4. The number of para-hydroxylation sites is 3. The average molecular weight is 891 g/mol. The van der Waals surface area contributed by atoms with Gasteiger partial charge in [-0.1, -0.05) is 73.5 Å². The van der Waals surface area contributed by atoms with Crippen molar-refractivity contribution in [3.63, 3.8) is 0 Å². The van der Waals surface area contributed by atoms with Crippen molar-refractivity contribution in [3.8, 4) is 5.69 Å². The molecule has 14 nitrogen and oxygen atoms in total. The van der Waals surface area contributed by atoms with Gasteiger partial charge in [0.25, 0.3) is 0 Å². The molecule has 4 heterocycles. The Morgan fingerprint density at radius 2 is 1.11 bits per heavy atom. The third-order valence-corrected chi connectivity index (χ3v) is 13.0. The molecule has 0 aliphatic heterocycles. The van der Waals surface area contributed by atoms with Crippen molar-refractivity contribution >= 4 is 67.2 Å². The number of H-pyrrole nitrogens is 3. The Morgan fingerprint density at radius 3 is 1.76 bits per heavy atom. The number of hydrogen-bond donors (Lipinski definition) is 9. The molecule has 0 bridgehead atoms. The summed E-state index contributed by atoms with van der Waals surface area (Å²) in [4.78, 5) is 61.0. The summed E-state index contributed by atoms with van der Waals surface area (Å²) in [7, 11) is 0. The number of hydrogen-bond acceptors (Lipinski definition) is 6. The van der Waals surface area contributed by atoms with E-state index in [1.54, 1.807) is 11.0 Å². The fraction of sp³-hybridized carbons (Fsp3) is 0.308. The molecule has 66 heavy (non-hydrogen) atoms. The van der Waals surface area contributed by atoms with Gasteiger partial charge in [-0.3, -0.25) is 29.6 Å². The first-order chi connectivity index (χ1) is 32.2. The van der Waals surface area contributed by atoms with Crippen LogP contribution in [0.3, 0.4) is 0 Å². The quantitative estimate of drug-likeness (QED) is 0.0195. The second-order valence-corrected chi connectivity index (χ2v) is 17.2. The maximum absolute atomic E-state index is 14.0. The van der Waals surface area contributed by atoms with E-state index in [0.717, 1.165) is 109 Å². The van der Waals surface area contributed by atoms with Gasteiger partial charge in [-0.15, -0.1) is 0 Å². The normalized spacial score (nSPS) is 12.5. The van der Waals surface area contributed by atoms with Crippen LogP contribution in [0.4, 0.5) is 0 Å². The summed E-state index contributed by atoms with van der Waals surface area (Å²) in [6, 6.07) is 31.2. The largest absolute Gasteiger partial charge is 0.361 e. The number of fused-ring (bicyclic) bond motifs is 4. The van der Waals surface area contributed by atoms with Gasteiger partial charge in [-0.05, 0) is 92.1 Å². The van der Waals surface area contributed by atoms with Crippen LogP contribution in [-0.2, 0) is 19.2 Å². The van der Waals surface area contributed by atoms with Crippen molar-refractivity contribution in [1.82, 2.24) is 41.1 Å². The molecule has 0 aliphatic rings. The molecule has 14 heteroatoms. The molecule has 9 N–H and O–H groups in total. The van der Waals surface area contributed by atoms with Crippen LogP contribution < -0.4 is 21.6 Å². The van der Waals surface area contributed by atoms with Crippen molar-refractivity contribution < 1.29 is 29.6 Å². The van der Waals surface area contributed by atoms with Gasteiger partial charge in [0.05, 0.1) is 5.52 Å². The zero-order valence-electron chi connectivity index (χ0n) is 37.4. The molecule has 4 aromatic carbocycles. The monoisotopic (exact) mass is 890 g/mol. The zero-order valence-corrected chi connectivity index (χ0v) is 37.4. The van der Waals surface area contributed by atoms with E-state index in [4.69, 9.17) is 10.4 Å². The number of carbonyl (C=O) groups excluding carboxylic acids is 4. The fourth-order valence-electron chi connectivity index (χ4n) is 9.85. The summed E-state index contributed by atoms with van der Waals surface area (Å²) in [5.41, 5.74) is 14.5. The molecule has 4 aromatic heterocycles. The highest BCUT2D eigenvalue weighted by atomic mass is 16.5. The summed E-state index contributed by atoms with van der Waals surface area (Å²) in [5.74, 6) is -1.48. The van der Waals surface area contributed by atoms with E-state index in [1.165, 1.54) is 0 Å². The van der Waals surface area contributed by atoms with Crippen molar-refractivity contribution in [3.05, 3.63) is 137 Å². The summed E-state index contributed by atoms with van der Waals surface area (Å²) in [6.45, 7) is 5.18. The van der Waals surface area contributed by atoms with Crippen LogP contribution in [0.2, 0.25) is 0 Å². The number of carbonyl (C=O) groups is 4. The summed E-state index contributed by atoms with van der Waals surface area (Å²) >= 11 is 0. The third kappa shape index (κ3) is 9.75. The molecule has 2 unspecified atom stereocenters. The van der Waals surface area contributed by atoms with Crippen molar-refractivity contribution in [2.45, 2.75) is 89.9 Å². The molecule has 0 saturated carbocycles. The minimum absolute atomic E-state index is 0.0579. The molecular weight excluding hydrogens is 833 g/mol. The Balaban J connectivity index is 1.11. The highest BCUT2D eigenvalue weighted by Crippen LogP contribution is 2.44. The second kappa shape index (κ2) is 20.8. The SMILES string of the molecule is Cc1[nH]c2ccccc2c1C(CC(=O)NCCCCCC(=O)NO)c1c(C)n(-c2ccc3c(C(CC(=O)NCCCCCC(=O)NO)c4c[nH]c5ccccc45)c[nH]c3c2)c2ccccc12. The van der Waals surface area contributed by atoms with Gasteiger partial charge in [0.1, 0.15) is 0 Å². The minimum Gasteiger partial charge on any atom is -0.361 e. The number of unbranched alkanes of at least 4 members (excludes halogenated alkanes) is 4. The highest BCUT2D eigenvalue weighted by Gasteiger charge is 2.30. The predicted molar refractivity (Wildman–Crippen MR) is 257 cm³/mol. The van der Waals surface area contributed by atoms with E-state index in [-0.39, 0.29) is 49.3 Å². The first kappa shape index (κ1) is 45.4. The number of aromatic nitrogens is 4. The van der Waals surface area contributed by atoms with Crippen LogP contribution in [-0.4, -0.2) is 66.7 Å². The molecule has 0 radical (unpaired) electrons. The van der Waals surface area contributed by atoms with E-state index in [1.807, 2.05) is 54.9 Å². The predicted octanol–water partition coefficient (Wildman–Crippen LogP) is 9.10. The number of hydroxylamine groups is 2. The van der Waals surface area contributed by atoms with Crippen LogP contribution in [0.25, 0.3) is 49.3 Å². The van der Waals surface area contributed by atoms with E-state index >= 15 is 0 Å². The number of nitrogens with zero attached hydrogens (tertiary/aromatic N) is 1. The number of aromatic amines is 3.